The number of benzene rings is 2. The number of carboxylic acids is 1. The van der Waals surface area contributed by atoms with Crippen molar-refractivity contribution in [2.24, 2.45) is 5.10 Å². The largest absolute Gasteiger partial charge is 0.478 e. The van der Waals surface area contributed by atoms with Crippen molar-refractivity contribution < 1.29 is 9.90 Å². The molecule has 0 saturated carbocycles. The molecule has 1 aliphatic heterocycles. The first-order valence-electron chi connectivity index (χ1n) is 6.98. The summed E-state index contributed by atoms with van der Waals surface area (Å²) in [5.41, 5.74) is 5.59. The van der Waals surface area contributed by atoms with Crippen LogP contribution in [0.15, 0.2) is 58.0 Å². The third-order valence-electron chi connectivity index (χ3n) is 3.39. The van der Waals surface area contributed by atoms with E-state index in [9.17, 15) is 4.79 Å². The molecule has 122 valence electrons. The fourth-order valence-electron chi connectivity index (χ4n) is 2.16. The highest BCUT2D eigenvalue weighted by Gasteiger charge is 2.17. The minimum atomic E-state index is -0.960. The van der Waals surface area contributed by atoms with Crippen LogP contribution in [0, 0.1) is 0 Å². The Balaban J connectivity index is 1.74. The summed E-state index contributed by atoms with van der Waals surface area (Å²) >= 11 is 14.2. The van der Waals surface area contributed by atoms with E-state index in [0.29, 0.717) is 15.7 Å². The second kappa shape index (κ2) is 7.30. The molecule has 0 amide bonds. The third-order valence-corrected chi connectivity index (χ3v) is 5.19. The monoisotopic (exact) mass is 378 g/mol. The van der Waals surface area contributed by atoms with E-state index in [2.05, 4.69) is 10.5 Å². The topological polar surface area (TPSA) is 61.7 Å². The van der Waals surface area contributed by atoms with Gasteiger partial charge in [0.05, 0.1) is 22.5 Å². The number of hydrogen-bond acceptors (Lipinski definition) is 4. The van der Waals surface area contributed by atoms with Gasteiger partial charge in [0, 0.05) is 26.8 Å². The van der Waals surface area contributed by atoms with E-state index in [4.69, 9.17) is 28.3 Å². The van der Waals surface area contributed by atoms with Crippen molar-refractivity contribution in [3.05, 3.63) is 64.2 Å². The molecular formula is C17H12Cl2N2O2S. The smallest absolute Gasteiger partial charge is 0.335 e. The molecule has 0 unspecified atom stereocenters. The van der Waals surface area contributed by atoms with Crippen LogP contribution in [0.2, 0.25) is 5.02 Å². The van der Waals surface area contributed by atoms with Crippen molar-refractivity contribution >= 4 is 57.9 Å². The first-order valence-corrected chi connectivity index (χ1v) is 8.72. The number of anilines is 1. The van der Waals surface area contributed by atoms with Crippen LogP contribution in [0.25, 0.3) is 5.03 Å². The molecule has 0 aliphatic carbocycles. The zero-order chi connectivity index (χ0) is 17.1. The number of nitrogens with one attached hydrogen (secondary N) is 1. The van der Waals surface area contributed by atoms with Crippen molar-refractivity contribution in [2.45, 2.75) is 4.90 Å². The minimum absolute atomic E-state index is 0.229. The lowest BCUT2D eigenvalue weighted by molar-refractivity contribution is 0.0697. The van der Waals surface area contributed by atoms with Gasteiger partial charge in [0.25, 0.3) is 0 Å². The molecule has 1 aliphatic rings. The van der Waals surface area contributed by atoms with Crippen LogP contribution in [0.3, 0.4) is 0 Å². The number of rotatable bonds is 4. The molecule has 4 nitrogen and oxygen atoms in total. The van der Waals surface area contributed by atoms with Crippen molar-refractivity contribution in [1.82, 2.24) is 0 Å². The Bertz CT molecular complexity index is 848. The number of carbonyl (C=O) groups is 1. The van der Waals surface area contributed by atoms with E-state index in [1.165, 1.54) is 12.1 Å². The van der Waals surface area contributed by atoms with Gasteiger partial charge in [0.2, 0.25) is 0 Å². The second-order valence-corrected chi connectivity index (χ2v) is 6.85. The number of halogens is 2. The number of fused-ring (bicyclic) bond motifs is 1. The molecule has 0 spiro atoms. The van der Waals surface area contributed by atoms with Crippen LogP contribution in [-0.2, 0) is 0 Å². The second-order valence-electron chi connectivity index (χ2n) is 5.02. The summed E-state index contributed by atoms with van der Waals surface area (Å²) in [6.45, 7) is 0. The Labute approximate surface area is 153 Å². The first-order chi connectivity index (χ1) is 11.5. The molecule has 2 aromatic rings. The standard InChI is InChI=1S/C17H12Cl2N2O2S/c18-12-3-6-15-14(7-12)16(19)11(9-24-15)8-20-21-13-4-1-10(2-5-13)17(22)23/h1-8,21H,9H2,(H,22,23). The summed E-state index contributed by atoms with van der Waals surface area (Å²) in [5.74, 6) is -0.241. The fourth-order valence-corrected chi connectivity index (χ4v) is 3.75. The normalized spacial score (nSPS) is 13.9. The van der Waals surface area contributed by atoms with E-state index in [1.807, 2.05) is 18.2 Å². The van der Waals surface area contributed by atoms with E-state index in [-0.39, 0.29) is 5.56 Å². The molecule has 7 heteroatoms. The predicted molar refractivity (Wildman–Crippen MR) is 100 cm³/mol. The van der Waals surface area contributed by atoms with Gasteiger partial charge in [0.1, 0.15) is 0 Å². The predicted octanol–water partition coefficient (Wildman–Crippen LogP) is 5.19. The lowest BCUT2D eigenvalue weighted by Gasteiger charge is -2.17. The third kappa shape index (κ3) is 3.75. The van der Waals surface area contributed by atoms with Crippen molar-refractivity contribution in [3.8, 4) is 0 Å². The molecule has 0 fully saturated rings. The maximum absolute atomic E-state index is 10.8. The quantitative estimate of drug-likeness (QED) is 0.567. The molecule has 0 aromatic heterocycles. The maximum atomic E-state index is 10.8. The Morgan fingerprint density at radius 2 is 1.96 bits per heavy atom. The summed E-state index contributed by atoms with van der Waals surface area (Å²) < 4.78 is 0. The van der Waals surface area contributed by atoms with Crippen molar-refractivity contribution in [1.29, 1.82) is 0 Å². The van der Waals surface area contributed by atoms with Gasteiger partial charge in [-0.1, -0.05) is 23.2 Å². The molecule has 0 radical (unpaired) electrons. The molecule has 2 aromatic carbocycles. The van der Waals surface area contributed by atoms with Crippen LogP contribution in [-0.4, -0.2) is 23.0 Å². The Morgan fingerprint density at radius 3 is 2.67 bits per heavy atom. The van der Waals surface area contributed by atoms with Gasteiger partial charge in [-0.25, -0.2) is 4.79 Å². The van der Waals surface area contributed by atoms with Gasteiger partial charge in [-0.2, -0.15) is 5.10 Å². The Hall–Kier alpha value is -1.95. The van der Waals surface area contributed by atoms with Crippen LogP contribution in [0.4, 0.5) is 5.69 Å². The van der Waals surface area contributed by atoms with Gasteiger partial charge < -0.3 is 5.11 Å². The molecule has 0 atom stereocenters. The van der Waals surface area contributed by atoms with Crippen LogP contribution in [0.1, 0.15) is 15.9 Å². The minimum Gasteiger partial charge on any atom is -0.478 e. The number of thioether (sulfide) groups is 1. The van der Waals surface area contributed by atoms with Crippen LogP contribution >= 0.6 is 35.0 Å². The highest BCUT2D eigenvalue weighted by atomic mass is 35.5. The Morgan fingerprint density at radius 1 is 1.21 bits per heavy atom. The average molecular weight is 379 g/mol. The summed E-state index contributed by atoms with van der Waals surface area (Å²) in [5, 5.41) is 14.3. The summed E-state index contributed by atoms with van der Waals surface area (Å²) in [6.07, 6.45) is 1.67. The average Bonchev–Trinajstić information content (AvgIpc) is 2.58. The van der Waals surface area contributed by atoms with Crippen molar-refractivity contribution in [2.75, 3.05) is 11.2 Å². The molecule has 3 rings (SSSR count). The lowest BCUT2D eigenvalue weighted by Crippen LogP contribution is -2.02. The number of nitrogens with zero attached hydrogens (tertiary/aromatic N) is 1. The first kappa shape index (κ1) is 16.9. The number of hydrazone groups is 1. The zero-order valence-electron chi connectivity index (χ0n) is 12.3. The summed E-state index contributed by atoms with van der Waals surface area (Å²) in [4.78, 5) is 11.9. The summed E-state index contributed by atoms with van der Waals surface area (Å²) in [7, 11) is 0. The van der Waals surface area contributed by atoms with Crippen LogP contribution in [0.5, 0.6) is 0 Å². The van der Waals surface area contributed by atoms with E-state index >= 15 is 0 Å². The van der Waals surface area contributed by atoms with Gasteiger partial charge in [-0.15, -0.1) is 11.8 Å². The molecule has 0 bridgehead atoms. The molecule has 24 heavy (non-hydrogen) atoms. The number of carboxylic acid groups (broad SMARTS) is 1. The molecular weight excluding hydrogens is 367 g/mol. The maximum Gasteiger partial charge on any atom is 0.335 e. The highest BCUT2D eigenvalue weighted by molar-refractivity contribution is 7.99. The number of hydrogen-bond donors (Lipinski definition) is 2. The molecule has 0 saturated heterocycles. The molecule has 2 N–H and O–H groups in total. The zero-order valence-corrected chi connectivity index (χ0v) is 14.6. The van der Waals surface area contributed by atoms with Gasteiger partial charge in [-0.05, 0) is 42.5 Å². The lowest BCUT2D eigenvalue weighted by atomic mass is 10.1. The number of aromatic carboxylic acids is 1. The SMILES string of the molecule is O=C(O)c1ccc(NN=CC2=C(Cl)c3cc(Cl)ccc3SC2)cc1. The van der Waals surface area contributed by atoms with Crippen LogP contribution < -0.4 is 5.43 Å². The van der Waals surface area contributed by atoms with E-state index < -0.39 is 5.97 Å². The van der Waals surface area contributed by atoms with Crippen molar-refractivity contribution in [3.63, 3.8) is 0 Å². The Kier molecular flexibility index (Phi) is 5.14. The highest BCUT2D eigenvalue weighted by Crippen LogP contribution is 2.39. The summed E-state index contributed by atoms with van der Waals surface area (Å²) in [6, 6.07) is 12.0. The molecule has 1 heterocycles. The van der Waals surface area contributed by atoms with E-state index in [0.717, 1.165) is 21.8 Å². The fraction of sp³-hybridized carbons (Fsp3) is 0.0588. The van der Waals surface area contributed by atoms with Gasteiger partial charge in [0.15, 0.2) is 0 Å². The van der Waals surface area contributed by atoms with Gasteiger partial charge >= 0.3 is 5.97 Å². The van der Waals surface area contributed by atoms with E-state index in [1.54, 1.807) is 30.1 Å². The van der Waals surface area contributed by atoms with Gasteiger partial charge in [-0.3, -0.25) is 5.43 Å².